The van der Waals surface area contributed by atoms with Gasteiger partial charge >= 0.3 is 5.97 Å². The molecule has 2 fully saturated rings. The third-order valence-corrected chi connectivity index (χ3v) is 8.22. The Kier molecular flexibility index (Phi) is 5.45. The van der Waals surface area contributed by atoms with Gasteiger partial charge in [-0.3, -0.25) is 9.59 Å². The Morgan fingerprint density at radius 2 is 1.92 bits per heavy atom. The minimum Gasteiger partial charge on any atom is -0.481 e. The zero-order valence-corrected chi connectivity index (χ0v) is 15.5. The van der Waals surface area contributed by atoms with Crippen molar-refractivity contribution >= 4 is 33.2 Å². The maximum Gasteiger partial charge on any atom is 0.303 e. The number of rotatable bonds is 5. The van der Waals surface area contributed by atoms with Gasteiger partial charge in [-0.15, -0.1) is 11.3 Å². The largest absolute Gasteiger partial charge is 0.481 e. The maximum atomic E-state index is 12.9. The van der Waals surface area contributed by atoms with Gasteiger partial charge in [0.25, 0.3) is 10.0 Å². The van der Waals surface area contributed by atoms with Crippen molar-refractivity contribution in [3.05, 3.63) is 17.5 Å². The Hall–Kier alpha value is -1.45. The predicted molar refractivity (Wildman–Crippen MR) is 92.8 cm³/mol. The summed E-state index contributed by atoms with van der Waals surface area (Å²) in [5.41, 5.74) is 0. The van der Waals surface area contributed by atoms with Crippen LogP contribution in [0.3, 0.4) is 0 Å². The number of carbonyl (C=O) groups excluding carboxylic acids is 1. The normalized spacial score (nSPS) is 23.0. The lowest BCUT2D eigenvalue weighted by atomic mass is 9.93. The van der Waals surface area contributed by atoms with E-state index in [1.54, 1.807) is 22.4 Å². The average Bonchev–Trinajstić information content (AvgIpc) is 3.26. The van der Waals surface area contributed by atoms with Gasteiger partial charge < -0.3 is 10.0 Å². The van der Waals surface area contributed by atoms with Gasteiger partial charge in [-0.1, -0.05) is 6.07 Å². The van der Waals surface area contributed by atoms with Crippen LogP contribution in [-0.4, -0.2) is 60.3 Å². The maximum absolute atomic E-state index is 12.9. The summed E-state index contributed by atoms with van der Waals surface area (Å²) in [7, 11) is -3.63. The summed E-state index contributed by atoms with van der Waals surface area (Å²) < 4.78 is 27.1. The first-order valence-electron chi connectivity index (χ1n) is 8.45. The number of amides is 1. The molecule has 3 heterocycles. The fraction of sp³-hybridized carbons (Fsp3) is 0.625. The Morgan fingerprint density at radius 3 is 2.52 bits per heavy atom. The van der Waals surface area contributed by atoms with E-state index in [1.807, 2.05) is 0 Å². The molecule has 1 aromatic rings. The quantitative estimate of drug-likeness (QED) is 0.830. The van der Waals surface area contributed by atoms with Crippen molar-refractivity contribution in [2.45, 2.75) is 42.4 Å². The molecule has 3 rings (SSSR count). The fourth-order valence-electron chi connectivity index (χ4n) is 3.62. The number of piperidine rings is 1. The molecule has 7 nitrogen and oxygen atoms in total. The molecule has 0 bridgehead atoms. The van der Waals surface area contributed by atoms with E-state index >= 15 is 0 Å². The van der Waals surface area contributed by atoms with Crippen LogP contribution in [0.1, 0.15) is 32.1 Å². The fourth-order valence-corrected chi connectivity index (χ4v) is 6.39. The van der Waals surface area contributed by atoms with Crippen LogP contribution in [0.15, 0.2) is 21.7 Å². The van der Waals surface area contributed by atoms with Crippen molar-refractivity contribution < 1.29 is 23.1 Å². The van der Waals surface area contributed by atoms with Crippen molar-refractivity contribution in [2.24, 2.45) is 5.92 Å². The number of hydrogen-bond donors (Lipinski definition) is 1. The van der Waals surface area contributed by atoms with Gasteiger partial charge in [-0.05, 0) is 43.0 Å². The van der Waals surface area contributed by atoms with Gasteiger partial charge in [0.2, 0.25) is 5.91 Å². The van der Waals surface area contributed by atoms with Crippen molar-refractivity contribution in [1.29, 1.82) is 0 Å². The SMILES string of the molecule is O=C(O)CC1CCN(C(=O)C2CCCN2S(=O)(=O)c2cccs2)CC1. The monoisotopic (exact) mass is 386 g/mol. The van der Waals surface area contributed by atoms with Gasteiger partial charge in [0.1, 0.15) is 10.3 Å². The Morgan fingerprint density at radius 1 is 1.20 bits per heavy atom. The highest BCUT2D eigenvalue weighted by atomic mass is 32.2. The van der Waals surface area contributed by atoms with Crippen LogP contribution >= 0.6 is 11.3 Å². The van der Waals surface area contributed by atoms with Gasteiger partial charge in [0.05, 0.1) is 0 Å². The molecule has 25 heavy (non-hydrogen) atoms. The van der Waals surface area contributed by atoms with Crippen LogP contribution in [0.2, 0.25) is 0 Å². The van der Waals surface area contributed by atoms with Crippen molar-refractivity contribution in [1.82, 2.24) is 9.21 Å². The number of thiophene rings is 1. The number of carboxylic acid groups (broad SMARTS) is 1. The first-order valence-corrected chi connectivity index (χ1v) is 10.8. The molecule has 1 unspecified atom stereocenters. The molecule has 1 N–H and O–H groups in total. The highest BCUT2D eigenvalue weighted by Crippen LogP contribution is 2.30. The lowest BCUT2D eigenvalue weighted by molar-refractivity contribution is -0.139. The first-order chi connectivity index (χ1) is 11.9. The molecule has 1 amide bonds. The molecule has 0 spiro atoms. The van der Waals surface area contributed by atoms with Gasteiger partial charge in [-0.25, -0.2) is 8.42 Å². The molecule has 2 aliphatic rings. The van der Waals surface area contributed by atoms with Gasteiger partial charge in [0, 0.05) is 26.1 Å². The smallest absolute Gasteiger partial charge is 0.303 e. The minimum atomic E-state index is -3.63. The molecule has 1 aromatic heterocycles. The Labute approximate surface area is 151 Å². The molecule has 0 radical (unpaired) electrons. The van der Waals surface area contributed by atoms with Crippen LogP contribution < -0.4 is 0 Å². The van der Waals surface area contributed by atoms with Gasteiger partial charge in [-0.2, -0.15) is 4.31 Å². The van der Waals surface area contributed by atoms with E-state index in [2.05, 4.69) is 0 Å². The number of likely N-dealkylation sites (tertiary alicyclic amines) is 1. The molecule has 2 aliphatic heterocycles. The summed E-state index contributed by atoms with van der Waals surface area (Å²) in [5, 5.41) is 10.6. The van der Waals surface area contributed by atoms with Crippen LogP contribution in [0, 0.1) is 5.92 Å². The molecule has 9 heteroatoms. The van der Waals surface area contributed by atoms with Crippen LogP contribution in [0.4, 0.5) is 0 Å². The second-order valence-electron chi connectivity index (χ2n) is 6.57. The van der Waals surface area contributed by atoms with Crippen LogP contribution in [0.25, 0.3) is 0 Å². The summed E-state index contributed by atoms with van der Waals surface area (Å²) in [6, 6.07) is 2.62. The third-order valence-electron chi connectivity index (χ3n) is 4.94. The van der Waals surface area contributed by atoms with Crippen LogP contribution in [0.5, 0.6) is 0 Å². The zero-order chi connectivity index (χ0) is 18.0. The topological polar surface area (TPSA) is 95.0 Å². The Bertz CT molecular complexity index is 724. The summed E-state index contributed by atoms with van der Waals surface area (Å²) >= 11 is 1.16. The van der Waals surface area contributed by atoms with Crippen molar-refractivity contribution in [2.75, 3.05) is 19.6 Å². The van der Waals surface area contributed by atoms with Crippen molar-refractivity contribution in [3.63, 3.8) is 0 Å². The standard InChI is InChI=1S/C16H22N2O5S2/c19-14(20)11-12-5-8-17(9-6-12)16(21)13-3-1-7-18(13)25(22,23)15-4-2-10-24-15/h2,4,10,12-13H,1,3,5-9,11H2,(H,19,20). The van der Waals surface area contributed by atoms with E-state index in [0.29, 0.717) is 45.3 Å². The van der Waals surface area contributed by atoms with E-state index in [4.69, 9.17) is 5.11 Å². The first kappa shape index (κ1) is 18.3. The zero-order valence-electron chi connectivity index (χ0n) is 13.8. The molecule has 138 valence electrons. The summed E-state index contributed by atoms with van der Waals surface area (Å²) in [6.45, 7) is 1.37. The second kappa shape index (κ2) is 7.43. The molecular weight excluding hydrogens is 364 g/mol. The summed E-state index contributed by atoms with van der Waals surface area (Å²) in [4.78, 5) is 25.4. The summed E-state index contributed by atoms with van der Waals surface area (Å²) in [6.07, 6.45) is 2.66. The number of carboxylic acids is 1. The number of hydrogen-bond acceptors (Lipinski definition) is 5. The number of carbonyl (C=O) groups is 2. The van der Waals surface area contributed by atoms with Gasteiger partial charge in [0.15, 0.2) is 0 Å². The highest BCUT2D eigenvalue weighted by molar-refractivity contribution is 7.91. The Balaban J connectivity index is 1.67. The minimum absolute atomic E-state index is 0.0936. The van der Waals surface area contributed by atoms with E-state index in [9.17, 15) is 18.0 Å². The lowest BCUT2D eigenvalue weighted by Gasteiger charge is -2.34. The van der Waals surface area contributed by atoms with E-state index < -0.39 is 22.0 Å². The second-order valence-corrected chi connectivity index (χ2v) is 9.64. The van der Waals surface area contributed by atoms with E-state index in [1.165, 1.54) is 4.31 Å². The molecule has 0 aliphatic carbocycles. The predicted octanol–water partition coefficient (Wildman–Crippen LogP) is 1.61. The third kappa shape index (κ3) is 3.88. The van der Waals surface area contributed by atoms with E-state index in [0.717, 1.165) is 11.3 Å². The number of sulfonamides is 1. The highest BCUT2D eigenvalue weighted by Gasteiger charge is 2.42. The number of nitrogens with zero attached hydrogens (tertiary/aromatic N) is 2. The molecule has 0 saturated carbocycles. The van der Waals surface area contributed by atoms with Crippen LogP contribution in [-0.2, 0) is 19.6 Å². The average molecular weight is 386 g/mol. The molecule has 1 atom stereocenters. The summed E-state index contributed by atoms with van der Waals surface area (Å²) in [5.74, 6) is -0.865. The molecule has 2 saturated heterocycles. The number of aliphatic carboxylic acids is 1. The molecular formula is C16H22N2O5S2. The lowest BCUT2D eigenvalue weighted by Crippen LogP contribution is -2.49. The van der Waals surface area contributed by atoms with E-state index in [-0.39, 0.29) is 22.5 Å². The molecule has 0 aromatic carbocycles. The van der Waals surface area contributed by atoms with Crippen molar-refractivity contribution in [3.8, 4) is 0 Å².